The van der Waals surface area contributed by atoms with Crippen LogP contribution in [0.5, 0.6) is 0 Å². The van der Waals surface area contributed by atoms with Gasteiger partial charge in [0.15, 0.2) is 9.84 Å². The molecular weight excluding hydrogens is 545 g/mol. The van der Waals surface area contributed by atoms with E-state index in [0.29, 0.717) is 10.0 Å². The number of halogens is 2. The maximum atomic E-state index is 14.4. The number of likely N-dealkylation sites (tertiary alicyclic amines) is 1. The van der Waals surface area contributed by atoms with Gasteiger partial charge in [-0.3, -0.25) is 9.59 Å². The Labute approximate surface area is 236 Å². The molecule has 1 aliphatic heterocycles. The van der Waals surface area contributed by atoms with Crippen LogP contribution in [-0.2, 0) is 19.4 Å². The summed E-state index contributed by atoms with van der Waals surface area (Å²) in [6.45, 7) is 10.7. The minimum absolute atomic E-state index is 0.241. The van der Waals surface area contributed by atoms with Crippen molar-refractivity contribution in [3.05, 3.63) is 69.7 Å². The number of piperidine rings is 1. The standard InChI is InChI=1S/C29H37Cl2NO5S/c1-18(2)38(36,37)17-24(28(3,4)5)32-26(19-10-12-21(30)13-11-19)23(20-8-7-9-22(31)14-20)15-29(6,27(32)35)16-25(33)34/h7-14,18,23-24,26H,15-17H2,1-6H3,(H,33,34)/t23-,24?,26-,29-/m1/s1. The van der Waals surface area contributed by atoms with Gasteiger partial charge in [0.25, 0.3) is 0 Å². The van der Waals surface area contributed by atoms with Gasteiger partial charge in [-0.1, -0.05) is 75.2 Å². The van der Waals surface area contributed by atoms with Gasteiger partial charge in [0.05, 0.1) is 34.9 Å². The van der Waals surface area contributed by atoms with Crippen LogP contribution >= 0.6 is 23.2 Å². The van der Waals surface area contributed by atoms with Gasteiger partial charge in [-0.05, 0) is 61.1 Å². The fraction of sp³-hybridized carbons (Fsp3) is 0.517. The lowest BCUT2D eigenvalue weighted by molar-refractivity contribution is -0.162. The van der Waals surface area contributed by atoms with Crippen LogP contribution in [0.1, 0.15) is 77.5 Å². The van der Waals surface area contributed by atoms with E-state index in [1.54, 1.807) is 43.9 Å². The van der Waals surface area contributed by atoms with Gasteiger partial charge in [-0.15, -0.1) is 0 Å². The van der Waals surface area contributed by atoms with E-state index in [1.807, 2.05) is 51.1 Å². The van der Waals surface area contributed by atoms with Gasteiger partial charge in [0, 0.05) is 16.0 Å². The van der Waals surface area contributed by atoms with Crippen molar-refractivity contribution in [3.63, 3.8) is 0 Å². The number of carboxylic acid groups (broad SMARTS) is 1. The second kappa shape index (κ2) is 11.2. The molecule has 1 aliphatic rings. The summed E-state index contributed by atoms with van der Waals surface area (Å²) >= 11 is 12.6. The van der Waals surface area contributed by atoms with Crippen molar-refractivity contribution in [3.8, 4) is 0 Å². The molecule has 0 saturated carbocycles. The molecule has 9 heteroatoms. The van der Waals surface area contributed by atoms with Crippen molar-refractivity contribution in [2.75, 3.05) is 5.75 Å². The Hall–Kier alpha value is -2.09. The molecule has 0 spiro atoms. The first kappa shape index (κ1) is 30.5. The van der Waals surface area contributed by atoms with Gasteiger partial charge in [0.1, 0.15) is 0 Å². The van der Waals surface area contributed by atoms with Gasteiger partial charge in [-0.25, -0.2) is 8.42 Å². The van der Waals surface area contributed by atoms with Crippen molar-refractivity contribution in [1.29, 1.82) is 0 Å². The lowest BCUT2D eigenvalue weighted by Crippen LogP contribution is -2.60. The van der Waals surface area contributed by atoms with E-state index in [4.69, 9.17) is 23.2 Å². The Balaban J connectivity index is 2.35. The van der Waals surface area contributed by atoms with Crippen LogP contribution in [0.3, 0.4) is 0 Å². The highest BCUT2D eigenvalue weighted by molar-refractivity contribution is 7.92. The summed E-state index contributed by atoms with van der Waals surface area (Å²) in [5.41, 5.74) is -0.248. The molecule has 0 aliphatic carbocycles. The first-order chi connectivity index (χ1) is 17.5. The van der Waals surface area contributed by atoms with E-state index >= 15 is 0 Å². The Bertz CT molecular complexity index is 1290. The van der Waals surface area contributed by atoms with Crippen LogP contribution in [-0.4, -0.2) is 47.3 Å². The number of hydrogen-bond acceptors (Lipinski definition) is 4. The predicted molar refractivity (Wildman–Crippen MR) is 152 cm³/mol. The Morgan fingerprint density at radius 1 is 1.08 bits per heavy atom. The molecule has 38 heavy (non-hydrogen) atoms. The first-order valence-electron chi connectivity index (χ1n) is 12.7. The molecule has 3 rings (SSSR count). The van der Waals surface area contributed by atoms with Gasteiger partial charge >= 0.3 is 5.97 Å². The number of aliphatic carboxylic acids is 1. The monoisotopic (exact) mass is 581 g/mol. The van der Waals surface area contributed by atoms with Crippen molar-refractivity contribution < 1.29 is 23.1 Å². The molecule has 0 aromatic heterocycles. The normalized spacial score (nSPS) is 23.5. The average molecular weight is 583 g/mol. The predicted octanol–water partition coefficient (Wildman–Crippen LogP) is 6.77. The number of carbonyl (C=O) groups excluding carboxylic acids is 1. The van der Waals surface area contributed by atoms with Crippen LogP contribution < -0.4 is 0 Å². The molecule has 1 fully saturated rings. The third kappa shape index (κ3) is 6.54. The summed E-state index contributed by atoms with van der Waals surface area (Å²) in [6, 6.07) is 13.3. The van der Waals surface area contributed by atoms with E-state index in [0.717, 1.165) is 11.1 Å². The molecule has 2 aromatic rings. The second-order valence-corrected chi connectivity index (χ2v) is 15.4. The maximum Gasteiger partial charge on any atom is 0.304 e. The zero-order chi connectivity index (χ0) is 28.6. The van der Waals surface area contributed by atoms with Crippen molar-refractivity contribution in [2.24, 2.45) is 10.8 Å². The highest BCUT2D eigenvalue weighted by Gasteiger charge is 2.54. The average Bonchev–Trinajstić information content (AvgIpc) is 2.79. The number of hydrogen-bond donors (Lipinski definition) is 1. The van der Waals surface area contributed by atoms with Gasteiger partial charge < -0.3 is 10.0 Å². The summed E-state index contributed by atoms with van der Waals surface area (Å²) in [5.74, 6) is -2.03. The minimum atomic E-state index is -3.57. The number of rotatable bonds is 8. The lowest BCUT2D eigenvalue weighted by Gasteiger charge is -2.54. The number of carbonyl (C=O) groups is 2. The molecule has 0 radical (unpaired) electrons. The molecule has 1 N–H and O–H groups in total. The Morgan fingerprint density at radius 2 is 1.68 bits per heavy atom. The summed E-state index contributed by atoms with van der Waals surface area (Å²) in [7, 11) is -3.57. The summed E-state index contributed by atoms with van der Waals surface area (Å²) in [4.78, 5) is 28.1. The zero-order valence-corrected chi connectivity index (χ0v) is 25.1. The van der Waals surface area contributed by atoms with Crippen molar-refractivity contribution in [1.82, 2.24) is 4.90 Å². The maximum absolute atomic E-state index is 14.4. The SMILES string of the molecule is CC(C)S(=O)(=O)CC(N1C(=O)[C@@](C)(CC(=O)O)C[C@H](c2cccc(Cl)c2)[C@H]1c1ccc(Cl)cc1)C(C)(C)C. The number of nitrogens with zero attached hydrogens (tertiary/aromatic N) is 1. The third-order valence-corrected chi connectivity index (χ3v) is 10.3. The lowest BCUT2D eigenvalue weighted by atomic mass is 9.66. The van der Waals surface area contributed by atoms with E-state index in [2.05, 4.69) is 0 Å². The van der Waals surface area contributed by atoms with Crippen LogP contribution in [0.4, 0.5) is 0 Å². The molecule has 4 atom stereocenters. The van der Waals surface area contributed by atoms with Crippen molar-refractivity contribution >= 4 is 44.9 Å². The van der Waals surface area contributed by atoms with E-state index in [9.17, 15) is 23.1 Å². The molecule has 1 unspecified atom stereocenters. The third-order valence-electron chi connectivity index (χ3n) is 7.58. The molecule has 1 amide bonds. The summed E-state index contributed by atoms with van der Waals surface area (Å²) in [5, 5.41) is 10.2. The summed E-state index contributed by atoms with van der Waals surface area (Å²) in [6.07, 6.45) is -0.114. The highest BCUT2D eigenvalue weighted by Crippen LogP contribution is 2.53. The molecule has 2 aromatic carbocycles. The fourth-order valence-electron chi connectivity index (χ4n) is 5.38. The summed E-state index contributed by atoms with van der Waals surface area (Å²) < 4.78 is 26.6. The smallest absolute Gasteiger partial charge is 0.304 e. The number of sulfone groups is 1. The molecule has 208 valence electrons. The fourth-order valence-corrected chi connectivity index (χ4v) is 7.19. The quantitative estimate of drug-likeness (QED) is 0.371. The first-order valence-corrected chi connectivity index (χ1v) is 15.2. The highest BCUT2D eigenvalue weighted by atomic mass is 35.5. The van der Waals surface area contributed by atoms with E-state index in [1.165, 1.54) is 0 Å². The van der Waals surface area contributed by atoms with Gasteiger partial charge in [0.2, 0.25) is 5.91 Å². The number of carboxylic acids is 1. The van der Waals surface area contributed by atoms with Crippen LogP contribution in [0, 0.1) is 10.8 Å². The van der Waals surface area contributed by atoms with E-state index < -0.39 is 44.0 Å². The Morgan fingerprint density at radius 3 is 2.18 bits per heavy atom. The number of benzene rings is 2. The second-order valence-electron chi connectivity index (χ2n) is 12.0. The molecular formula is C29H37Cl2NO5S. The minimum Gasteiger partial charge on any atom is -0.481 e. The van der Waals surface area contributed by atoms with E-state index in [-0.39, 0.29) is 30.4 Å². The molecule has 1 heterocycles. The largest absolute Gasteiger partial charge is 0.481 e. The van der Waals surface area contributed by atoms with Crippen LogP contribution in [0.25, 0.3) is 0 Å². The molecule has 6 nitrogen and oxygen atoms in total. The zero-order valence-electron chi connectivity index (χ0n) is 22.7. The van der Waals surface area contributed by atoms with Crippen LogP contribution in [0.2, 0.25) is 10.0 Å². The van der Waals surface area contributed by atoms with Crippen LogP contribution in [0.15, 0.2) is 48.5 Å². The number of amides is 1. The van der Waals surface area contributed by atoms with Crippen molar-refractivity contribution in [2.45, 2.75) is 77.6 Å². The molecule has 1 saturated heterocycles. The topological polar surface area (TPSA) is 91.8 Å². The Kier molecular flexibility index (Phi) is 8.96. The molecule has 0 bridgehead atoms. The van der Waals surface area contributed by atoms with Gasteiger partial charge in [-0.2, -0.15) is 0 Å².